The Bertz CT molecular complexity index is 366. The molecule has 1 unspecified atom stereocenters. The number of rotatable bonds is 7. The van der Waals surface area contributed by atoms with Gasteiger partial charge in [0.25, 0.3) is 0 Å². The second-order valence-corrected chi connectivity index (χ2v) is 6.91. The maximum absolute atomic E-state index is 6.22. The van der Waals surface area contributed by atoms with E-state index in [0.717, 1.165) is 29.3 Å². The second-order valence-electron chi connectivity index (χ2n) is 4.90. The average molecular weight is 286 g/mol. The lowest BCUT2D eigenvalue weighted by atomic mass is 10.1. The standard InChI is InChI=1S/C15H24ClNS/c1-5-8-17-15(10-18-11(2)3)13-7-6-12(4)14(16)9-13/h6-7,9,11,15,17H,5,8,10H2,1-4H3. The van der Waals surface area contributed by atoms with Crippen LogP contribution in [0.15, 0.2) is 18.2 Å². The van der Waals surface area contributed by atoms with Gasteiger partial charge in [0, 0.05) is 16.8 Å². The quantitative estimate of drug-likeness (QED) is 0.770. The van der Waals surface area contributed by atoms with Gasteiger partial charge < -0.3 is 5.32 Å². The topological polar surface area (TPSA) is 12.0 Å². The van der Waals surface area contributed by atoms with Crippen molar-refractivity contribution >= 4 is 23.4 Å². The summed E-state index contributed by atoms with van der Waals surface area (Å²) in [5.74, 6) is 1.09. The minimum absolute atomic E-state index is 0.399. The Balaban J connectivity index is 2.76. The van der Waals surface area contributed by atoms with E-state index < -0.39 is 0 Å². The van der Waals surface area contributed by atoms with Gasteiger partial charge in [0.2, 0.25) is 0 Å². The first-order chi connectivity index (χ1) is 8.54. The third kappa shape index (κ3) is 5.21. The number of thioether (sulfide) groups is 1. The third-order valence-electron chi connectivity index (χ3n) is 2.84. The van der Waals surface area contributed by atoms with Crippen LogP contribution in [0, 0.1) is 6.92 Å². The van der Waals surface area contributed by atoms with Gasteiger partial charge in [0.05, 0.1) is 0 Å². The molecule has 1 N–H and O–H groups in total. The van der Waals surface area contributed by atoms with Crippen LogP contribution in [-0.2, 0) is 0 Å². The lowest BCUT2D eigenvalue weighted by Gasteiger charge is -2.20. The van der Waals surface area contributed by atoms with E-state index in [9.17, 15) is 0 Å². The fourth-order valence-electron chi connectivity index (χ4n) is 1.71. The molecule has 1 aromatic carbocycles. The lowest BCUT2D eigenvalue weighted by Crippen LogP contribution is -2.24. The van der Waals surface area contributed by atoms with Crippen LogP contribution >= 0.6 is 23.4 Å². The predicted octanol–water partition coefficient (Wildman–Crippen LogP) is 4.83. The Morgan fingerprint density at radius 2 is 2.06 bits per heavy atom. The number of halogens is 1. The van der Waals surface area contributed by atoms with Crippen molar-refractivity contribution in [2.24, 2.45) is 0 Å². The van der Waals surface area contributed by atoms with Crippen molar-refractivity contribution in [1.82, 2.24) is 5.32 Å². The Labute approximate surface area is 121 Å². The number of hydrogen-bond donors (Lipinski definition) is 1. The molecule has 0 bridgehead atoms. The number of aryl methyl sites for hydroxylation is 1. The molecule has 0 saturated heterocycles. The molecule has 0 heterocycles. The van der Waals surface area contributed by atoms with Crippen LogP contribution in [0.4, 0.5) is 0 Å². The third-order valence-corrected chi connectivity index (χ3v) is 4.43. The van der Waals surface area contributed by atoms with E-state index in [0.29, 0.717) is 11.3 Å². The van der Waals surface area contributed by atoms with Crippen LogP contribution in [0.1, 0.15) is 44.4 Å². The zero-order valence-electron chi connectivity index (χ0n) is 11.8. The molecular formula is C15H24ClNS. The van der Waals surface area contributed by atoms with E-state index in [-0.39, 0.29) is 0 Å². The smallest absolute Gasteiger partial charge is 0.0438 e. The van der Waals surface area contributed by atoms with Crippen molar-refractivity contribution in [3.05, 3.63) is 34.3 Å². The van der Waals surface area contributed by atoms with E-state index in [2.05, 4.69) is 44.3 Å². The molecule has 1 aromatic rings. The molecule has 0 radical (unpaired) electrons. The molecule has 0 amide bonds. The normalized spacial score (nSPS) is 13.0. The monoisotopic (exact) mass is 285 g/mol. The van der Waals surface area contributed by atoms with Crippen molar-refractivity contribution in [2.45, 2.75) is 45.4 Å². The highest BCUT2D eigenvalue weighted by Gasteiger charge is 2.12. The van der Waals surface area contributed by atoms with Crippen LogP contribution in [-0.4, -0.2) is 17.5 Å². The van der Waals surface area contributed by atoms with Gasteiger partial charge in [-0.05, 0) is 42.3 Å². The summed E-state index contributed by atoms with van der Waals surface area (Å²) in [5, 5.41) is 5.14. The average Bonchev–Trinajstić information content (AvgIpc) is 2.33. The zero-order valence-corrected chi connectivity index (χ0v) is 13.4. The van der Waals surface area contributed by atoms with Crippen molar-refractivity contribution in [3.8, 4) is 0 Å². The fourth-order valence-corrected chi connectivity index (χ4v) is 2.78. The highest BCUT2D eigenvalue weighted by atomic mass is 35.5. The van der Waals surface area contributed by atoms with E-state index in [1.54, 1.807) is 0 Å². The summed E-state index contributed by atoms with van der Waals surface area (Å²) >= 11 is 8.21. The van der Waals surface area contributed by atoms with Gasteiger partial charge in [-0.2, -0.15) is 11.8 Å². The molecule has 1 nitrogen and oxygen atoms in total. The molecule has 0 aliphatic heterocycles. The van der Waals surface area contributed by atoms with Crippen molar-refractivity contribution < 1.29 is 0 Å². The van der Waals surface area contributed by atoms with Crippen LogP contribution in [0.2, 0.25) is 5.02 Å². The van der Waals surface area contributed by atoms with E-state index in [4.69, 9.17) is 11.6 Å². The number of hydrogen-bond acceptors (Lipinski definition) is 2. The maximum Gasteiger partial charge on any atom is 0.0438 e. The Kier molecular flexibility index (Phi) is 7.13. The van der Waals surface area contributed by atoms with Gasteiger partial charge >= 0.3 is 0 Å². The maximum atomic E-state index is 6.22. The predicted molar refractivity (Wildman–Crippen MR) is 84.8 cm³/mol. The summed E-state index contributed by atoms with van der Waals surface area (Å²) in [6.45, 7) is 9.77. The van der Waals surface area contributed by atoms with Gasteiger partial charge in [-0.3, -0.25) is 0 Å². The molecule has 18 heavy (non-hydrogen) atoms. The summed E-state index contributed by atoms with van der Waals surface area (Å²) in [6.07, 6.45) is 1.16. The summed E-state index contributed by atoms with van der Waals surface area (Å²) in [6, 6.07) is 6.80. The lowest BCUT2D eigenvalue weighted by molar-refractivity contribution is 0.577. The Morgan fingerprint density at radius 1 is 1.33 bits per heavy atom. The molecule has 1 rings (SSSR count). The molecule has 0 fully saturated rings. The largest absolute Gasteiger partial charge is 0.309 e. The van der Waals surface area contributed by atoms with Gasteiger partial charge in [-0.1, -0.05) is 44.5 Å². The van der Waals surface area contributed by atoms with Crippen molar-refractivity contribution in [1.29, 1.82) is 0 Å². The fraction of sp³-hybridized carbons (Fsp3) is 0.600. The molecule has 0 aromatic heterocycles. The second kappa shape index (κ2) is 8.08. The van der Waals surface area contributed by atoms with Crippen molar-refractivity contribution in [2.75, 3.05) is 12.3 Å². The Hall–Kier alpha value is -0.180. The van der Waals surface area contributed by atoms with Gasteiger partial charge in [-0.15, -0.1) is 0 Å². The van der Waals surface area contributed by atoms with Gasteiger partial charge in [0.15, 0.2) is 0 Å². The van der Waals surface area contributed by atoms with E-state index in [1.807, 2.05) is 18.7 Å². The summed E-state index contributed by atoms with van der Waals surface area (Å²) in [4.78, 5) is 0. The molecule has 3 heteroatoms. The van der Waals surface area contributed by atoms with Gasteiger partial charge in [0.1, 0.15) is 0 Å². The van der Waals surface area contributed by atoms with Crippen molar-refractivity contribution in [3.63, 3.8) is 0 Å². The van der Waals surface area contributed by atoms with Crippen LogP contribution in [0.25, 0.3) is 0 Å². The summed E-state index contributed by atoms with van der Waals surface area (Å²) in [5.41, 5.74) is 2.44. The van der Waals surface area contributed by atoms with Gasteiger partial charge in [-0.25, -0.2) is 0 Å². The summed E-state index contributed by atoms with van der Waals surface area (Å²) in [7, 11) is 0. The first-order valence-electron chi connectivity index (χ1n) is 6.65. The SMILES string of the molecule is CCCNC(CSC(C)C)c1ccc(C)c(Cl)c1. The molecule has 0 aliphatic carbocycles. The van der Waals surface area contributed by atoms with E-state index >= 15 is 0 Å². The molecule has 0 aliphatic rings. The number of nitrogens with one attached hydrogen (secondary N) is 1. The number of benzene rings is 1. The highest BCUT2D eigenvalue weighted by Crippen LogP contribution is 2.25. The molecule has 0 saturated carbocycles. The zero-order chi connectivity index (χ0) is 13.5. The van der Waals surface area contributed by atoms with E-state index in [1.165, 1.54) is 5.56 Å². The first kappa shape index (κ1) is 15.9. The Morgan fingerprint density at radius 3 is 2.61 bits per heavy atom. The molecule has 0 spiro atoms. The minimum Gasteiger partial charge on any atom is -0.309 e. The summed E-state index contributed by atoms with van der Waals surface area (Å²) < 4.78 is 0. The van der Waals surface area contributed by atoms with Crippen LogP contribution in [0.3, 0.4) is 0 Å². The molecular weight excluding hydrogens is 262 g/mol. The van der Waals surface area contributed by atoms with Crippen LogP contribution < -0.4 is 5.32 Å². The molecule has 1 atom stereocenters. The first-order valence-corrected chi connectivity index (χ1v) is 8.08. The van der Waals surface area contributed by atoms with Crippen LogP contribution in [0.5, 0.6) is 0 Å². The minimum atomic E-state index is 0.399. The highest BCUT2D eigenvalue weighted by molar-refractivity contribution is 7.99. The molecule has 102 valence electrons.